The van der Waals surface area contributed by atoms with Crippen molar-refractivity contribution in [3.05, 3.63) is 65.4 Å². The van der Waals surface area contributed by atoms with E-state index in [1.165, 1.54) is 4.73 Å². The molecule has 0 fully saturated rings. The van der Waals surface area contributed by atoms with Gasteiger partial charge in [-0.2, -0.15) is 4.73 Å². The van der Waals surface area contributed by atoms with Gasteiger partial charge in [0.05, 0.1) is 5.69 Å². The lowest BCUT2D eigenvalue weighted by Crippen LogP contribution is -2.12. The number of nitrogens with zero attached hydrogens (tertiary/aromatic N) is 2. The van der Waals surface area contributed by atoms with Gasteiger partial charge in [-0.15, -0.1) is 0 Å². The molecule has 0 bridgehead atoms. The van der Waals surface area contributed by atoms with E-state index in [1.807, 2.05) is 55.5 Å². The smallest absolute Gasteiger partial charge is 0.321 e. The minimum Gasteiger partial charge on any atom is -0.338 e. The van der Waals surface area contributed by atoms with Crippen LogP contribution >= 0.6 is 0 Å². The van der Waals surface area contributed by atoms with Crippen LogP contribution in [0.25, 0.3) is 22.6 Å². The van der Waals surface area contributed by atoms with E-state index < -0.39 is 0 Å². The molecule has 0 amide bonds. The number of benzene rings is 2. The molecule has 0 aliphatic rings. The lowest BCUT2D eigenvalue weighted by atomic mass is 10.1. The lowest BCUT2D eigenvalue weighted by Gasteiger charge is -2.10. The summed E-state index contributed by atoms with van der Waals surface area (Å²) in [5.41, 5.74) is 16.8. The van der Waals surface area contributed by atoms with Gasteiger partial charge in [-0.3, -0.25) is 4.79 Å². The van der Waals surface area contributed by atoms with Gasteiger partial charge in [0.2, 0.25) is 0 Å². The van der Waals surface area contributed by atoms with Gasteiger partial charge in [0.25, 0.3) is 0 Å². The fraction of sp³-hybridized carbons (Fsp3) is 0.200. The first-order valence-electron chi connectivity index (χ1n) is 8.53. The normalized spacial score (nSPS) is 10.7. The van der Waals surface area contributed by atoms with E-state index in [0.29, 0.717) is 31.8 Å². The molecule has 0 saturated heterocycles. The molecular weight excluding hydrogens is 328 g/mol. The summed E-state index contributed by atoms with van der Waals surface area (Å²) in [7, 11) is 0. The maximum atomic E-state index is 11.1. The molecule has 4 N–H and O–H groups in total. The zero-order chi connectivity index (χ0) is 18.5. The predicted octanol–water partition coefficient (Wildman–Crippen LogP) is 2.28. The number of rotatable bonds is 7. The van der Waals surface area contributed by atoms with Gasteiger partial charge in [0, 0.05) is 24.2 Å². The third-order valence-corrected chi connectivity index (χ3v) is 4.30. The maximum absolute atomic E-state index is 11.1. The van der Waals surface area contributed by atoms with Crippen molar-refractivity contribution < 1.29 is 9.63 Å². The molecule has 6 nitrogen and oxygen atoms in total. The highest BCUT2D eigenvalue weighted by molar-refractivity contribution is 5.69. The van der Waals surface area contributed by atoms with Crippen LogP contribution in [0.2, 0.25) is 0 Å². The van der Waals surface area contributed by atoms with Crippen LogP contribution in [0.5, 0.6) is 0 Å². The molecule has 1 aromatic heterocycles. The number of hydrogen-bond acceptors (Lipinski definition) is 5. The third kappa shape index (κ3) is 3.37. The molecule has 0 aliphatic carbocycles. The first-order valence-corrected chi connectivity index (χ1v) is 8.53. The van der Waals surface area contributed by atoms with Crippen LogP contribution in [0.4, 0.5) is 0 Å². The Kier molecular flexibility index (Phi) is 5.46. The summed E-state index contributed by atoms with van der Waals surface area (Å²) in [6.45, 7) is 3.38. The summed E-state index contributed by atoms with van der Waals surface area (Å²) in [4.78, 5) is 21.1. The molecule has 0 spiro atoms. The summed E-state index contributed by atoms with van der Waals surface area (Å²) >= 11 is 0. The fourth-order valence-electron chi connectivity index (χ4n) is 2.90. The SMILES string of the molecule is CCc1nc(-c2ccc(CN)cc2)n(OC=O)c1-c1ccc(CN)cc1. The monoisotopic (exact) mass is 350 g/mol. The first kappa shape index (κ1) is 17.8. The number of aryl methyl sites for hydroxylation is 1. The zero-order valence-corrected chi connectivity index (χ0v) is 14.7. The number of imidazole rings is 1. The molecule has 2 aromatic carbocycles. The molecule has 134 valence electrons. The number of nitrogens with two attached hydrogens (primary N) is 2. The summed E-state index contributed by atoms with van der Waals surface area (Å²) in [5, 5.41) is 0. The minimum atomic E-state index is 0.413. The Morgan fingerprint density at radius 3 is 1.96 bits per heavy atom. The molecule has 1 heterocycles. The van der Waals surface area contributed by atoms with Gasteiger partial charge in [0.15, 0.2) is 5.82 Å². The van der Waals surface area contributed by atoms with Crippen molar-refractivity contribution in [3.8, 4) is 22.6 Å². The quantitative estimate of drug-likeness (QED) is 0.637. The topological polar surface area (TPSA) is 96.2 Å². The van der Waals surface area contributed by atoms with Crippen LogP contribution in [0.1, 0.15) is 23.7 Å². The van der Waals surface area contributed by atoms with Crippen molar-refractivity contribution in [2.75, 3.05) is 0 Å². The van der Waals surface area contributed by atoms with Crippen LogP contribution in [0, 0.1) is 0 Å². The Hall–Kier alpha value is -2.96. The maximum Gasteiger partial charge on any atom is 0.321 e. The van der Waals surface area contributed by atoms with Gasteiger partial charge >= 0.3 is 6.47 Å². The van der Waals surface area contributed by atoms with E-state index in [4.69, 9.17) is 21.3 Å². The Morgan fingerprint density at radius 1 is 0.962 bits per heavy atom. The molecule has 26 heavy (non-hydrogen) atoms. The summed E-state index contributed by atoms with van der Waals surface area (Å²) in [6.07, 6.45) is 0.705. The Balaban J connectivity index is 2.15. The lowest BCUT2D eigenvalue weighted by molar-refractivity contribution is -0.128. The largest absolute Gasteiger partial charge is 0.338 e. The van der Waals surface area contributed by atoms with E-state index in [-0.39, 0.29) is 0 Å². The van der Waals surface area contributed by atoms with Crippen molar-refractivity contribution in [3.63, 3.8) is 0 Å². The highest BCUT2D eigenvalue weighted by Gasteiger charge is 2.20. The van der Waals surface area contributed by atoms with Crippen LogP contribution in [0.15, 0.2) is 48.5 Å². The number of hydrogen-bond donors (Lipinski definition) is 2. The van der Waals surface area contributed by atoms with E-state index in [0.717, 1.165) is 33.6 Å². The van der Waals surface area contributed by atoms with Crippen LogP contribution in [0.3, 0.4) is 0 Å². The van der Waals surface area contributed by atoms with Crippen molar-refractivity contribution in [2.45, 2.75) is 26.4 Å². The Labute approximate surface area is 152 Å². The summed E-state index contributed by atoms with van der Waals surface area (Å²) in [6, 6.07) is 15.6. The molecule has 6 heteroatoms. The standard InChI is InChI=1S/C20H22N4O2/c1-2-18-19(16-7-3-14(11-21)4-8-16)24(26-13-25)20(23-18)17-9-5-15(12-22)6-10-17/h3-10,13H,2,11-12,21-22H2,1H3. The molecule has 0 saturated carbocycles. The Bertz CT molecular complexity index is 883. The second-order valence-electron chi connectivity index (χ2n) is 5.88. The Morgan fingerprint density at radius 2 is 1.50 bits per heavy atom. The van der Waals surface area contributed by atoms with Gasteiger partial charge in [-0.05, 0) is 17.5 Å². The van der Waals surface area contributed by atoms with E-state index in [9.17, 15) is 4.79 Å². The second-order valence-corrected chi connectivity index (χ2v) is 5.88. The molecular formula is C20H22N4O2. The number of carbonyl (C=O) groups excluding carboxylic acids is 1. The highest BCUT2D eigenvalue weighted by atomic mass is 16.7. The first-order chi connectivity index (χ1) is 12.7. The predicted molar refractivity (Wildman–Crippen MR) is 101 cm³/mol. The average molecular weight is 350 g/mol. The molecule has 0 unspecified atom stereocenters. The molecule has 3 aromatic rings. The van der Waals surface area contributed by atoms with E-state index in [2.05, 4.69) is 0 Å². The molecule has 0 radical (unpaired) electrons. The average Bonchev–Trinajstić information content (AvgIpc) is 3.07. The molecule has 3 rings (SSSR count). The fourth-order valence-corrected chi connectivity index (χ4v) is 2.90. The van der Waals surface area contributed by atoms with Crippen LogP contribution < -0.4 is 16.3 Å². The van der Waals surface area contributed by atoms with Crippen molar-refractivity contribution in [2.24, 2.45) is 11.5 Å². The van der Waals surface area contributed by atoms with Gasteiger partial charge < -0.3 is 16.3 Å². The van der Waals surface area contributed by atoms with Gasteiger partial charge in [-0.25, -0.2) is 4.98 Å². The number of aromatic nitrogens is 2. The zero-order valence-electron chi connectivity index (χ0n) is 14.7. The molecule has 0 atom stereocenters. The second kappa shape index (κ2) is 7.95. The highest BCUT2D eigenvalue weighted by Crippen LogP contribution is 2.30. The van der Waals surface area contributed by atoms with Crippen molar-refractivity contribution in [1.82, 2.24) is 9.71 Å². The van der Waals surface area contributed by atoms with Crippen molar-refractivity contribution in [1.29, 1.82) is 0 Å². The van der Waals surface area contributed by atoms with Crippen LogP contribution in [-0.4, -0.2) is 16.2 Å². The van der Waals surface area contributed by atoms with E-state index >= 15 is 0 Å². The molecule has 0 aliphatic heterocycles. The van der Waals surface area contributed by atoms with Gasteiger partial charge in [-0.1, -0.05) is 55.5 Å². The van der Waals surface area contributed by atoms with Crippen LogP contribution in [-0.2, 0) is 24.3 Å². The summed E-state index contributed by atoms with van der Waals surface area (Å²) in [5.74, 6) is 0.579. The van der Waals surface area contributed by atoms with E-state index in [1.54, 1.807) is 0 Å². The summed E-state index contributed by atoms with van der Waals surface area (Å²) < 4.78 is 1.49. The minimum absolute atomic E-state index is 0.413. The van der Waals surface area contributed by atoms with Gasteiger partial charge in [0.1, 0.15) is 5.69 Å². The number of carbonyl (C=O) groups is 1. The third-order valence-electron chi connectivity index (χ3n) is 4.30. The van der Waals surface area contributed by atoms with Crippen molar-refractivity contribution >= 4 is 6.47 Å².